The number of rotatable bonds is 5. The van der Waals surface area contributed by atoms with Crippen LogP contribution in [0.4, 0.5) is 4.39 Å². The van der Waals surface area contributed by atoms with Crippen LogP contribution in [0, 0.1) is 5.82 Å². The van der Waals surface area contributed by atoms with Crippen molar-refractivity contribution in [2.24, 2.45) is 0 Å². The largest absolute Gasteiger partial charge is 0.489 e. The van der Waals surface area contributed by atoms with Gasteiger partial charge in [0.15, 0.2) is 11.6 Å². The van der Waals surface area contributed by atoms with Gasteiger partial charge in [-0.1, -0.05) is 0 Å². The minimum Gasteiger partial charge on any atom is -0.489 e. The molecule has 1 heterocycles. The van der Waals surface area contributed by atoms with Gasteiger partial charge in [-0.2, -0.15) is 0 Å². The Balaban J connectivity index is 0.00000220. The Morgan fingerprint density at radius 2 is 2.10 bits per heavy atom. The standard InChI is InChI=1S/C13H15ClFNO4.ClH/c14-20-13(17)10-1-2-12(11(15)9-10)19-8-5-16-3-6-18-7-4-16;/h1-2,9H,3-8H2;1H. The van der Waals surface area contributed by atoms with Crippen molar-refractivity contribution >= 4 is 30.2 Å². The first-order valence-electron chi connectivity index (χ1n) is 6.26. The van der Waals surface area contributed by atoms with E-state index in [1.165, 1.54) is 12.1 Å². The number of benzene rings is 1. The average Bonchev–Trinajstić information content (AvgIpc) is 2.49. The first-order valence-corrected chi connectivity index (χ1v) is 6.57. The van der Waals surface area contributed by atoms with E-state index in [0.29, 0.717) is 26.4 Å². The molecule has 1 aliphatic heterocycles. The number of ether oxygens (including phenoxy) is 2. The molecule has 0 atom stereocenters. The van der Waals surface area contributed by atoms with Crippen molar-refractivity contribution in [3.63, 3.8) is 0 Å². The summed E-state index contributed by atoms with van der Waals surface area (Å²) in [6.07, 6.45) is 0. The zero-order chi connectivity index (χ0) is 14.4. The van der Waals surface area contributed by atoms with Crippen LogP contribution in [0.2, 0.25) is 0 Å². The fourth-order valence-corrected chi connectivity index (χ4v) is 1.99. The number of morpholine rings is 1. The molecule has 0 radical (unpaired) electrons. The Bertz CT molecular complexity index is 469. The minimum atomic E-state index is -0.801. The van der Waals surface area contributed by atoms with Gasteiger partial charge in [0.25, 0.3) is 0 Å². The van der Waals surface area contributed by atoms with E-state index in [0.717, 1.165) is 19.2 Å². The lowest BCUT2D eigenvalue weighted by Gasteiger charge is -2.26. The minimum absolute atomic E-state index is 0. The third-order valence-electron chi connectivity index (χ3n) is 3.01. The van der Waals surface area contributed by atoms with Gasteiger partial charge in [0.2, 0.25) is 0 Å². The van der Waals surface area contributed by atoms with E-state index in [2.05, 4.69) is 9.19 Å². The Morgan fingerprint density at radius 3 is 2.71 bits per heavy atom. The lowest BCUT2D eigenvalue weighted by atomic mass is 10.2. The van der Waals surface area contributed by atoms with E-state index in [4.69, 9.17) is 21.3 Å². The first kappa shape index (κ1) is 18.0. The van der Waals surface area contributed by atoms with Crippen LogP contribution in [-0.2, 0) is 9.03 Å². The molecule has 0 amide bonds. The summed E-state index contributed by atoms with van der Waals surface area (Å²) in [6.45, 7) is 4.20. The summed E-state index contributed by atoms with van der Waals surface area (Å²) in [7, 11) is 0. The molecule has 0 bridgehead atoms. The highest BCUT2D eigenvalue weighted by Gasteiger charge is 2.13. The average molecular weight is 340 g/mol. The second-order valence-corrected chi connectivity index (χ2v) is 4.47. The highest BCUT2D eigenvalue weighted by Crippen LogP contribution is 2.19. The molecule has 1 saturated heterocycles. The topological polar surface area (TPSA) is 48.0 Å². The van der Waals surface area contributed by atoms with Crippen molar-refractivity contribution in [1.29, 1.82) is 0 Å². The van der Waals surface area contributed by atoms with Crippen LogP contribution in [0.25, 0.3) is 0 Å². The number of halogens is 3. The van der Waals surface area contributed by atoms with E-state index >= 15 is 0 Å². The maximum atomic E-state index is 13.7. The number of hydrogen-bond donors (Lipinski definition) is 0. The Labute approximate surface area is 133 Å². The summed E-state index contributed by atoms with van der Waals surface area (Å²) in [5.74, 6) is -1.32. The summed E-state index contributed by atoms with van der Waals surface area (Å²) >= 11 is 4.93. The van der Waals surface area contributed by atoms with Gasteiger partial charge in [-0.3, -0.25) is 4.90 Å². The smallest absolute Gasteiger partial charge is 0.356 e. The molecule has 0 saturated carbocycles. The van der Waals surface area contributed by atoms with Crippen LogP contribution >= 0.6 is 24.3 Å². The van der Waals surface area contributed by atoms with Crippen molar-refractivity contribution < 1.29 is 22.9 Å². The van der Waals surface area contributed by atoms with Crippen LogP contribution in [0.15, 0.2) is 18.2 Å². The van der Waals surface area contributed by atoms with Gasteiger partial charge in [0.05, 0.1) is 18.8 Å². The highest BCUT2D eigenvalue weighted by atomic mass is 35.5. The zero-order valence-electron chi connectivity index (χ0n) is 11.2. The van der Waals surface area contributed by atoms with Gasteiger partial charge in [-0.05, 0) is 18.2 Å². The molecule has 1 aliphatic rings. The number of hydrogen-bond acceptors (Lipinski definition) is 5. The van der Waals surface area contributed by atoms with Crippen LogP contribution in [0.3, 0.4) is 0 Å². The molecule has 0 aromatic heterocycles. The third kappa shape index (κ3) is 5.32. The molecule has 21 heavy (non-hydrogen) atoms. The molecule has 0 aliphatic carbocycles. The molecule has 8 heteroatoms. The van der Waals surface area contributed by atoms with E-state index in [1.54, 1.807) is 0 Å². The fourth-order valence-electron chi connectivity index (χ4n) is 1.90. The van der Waals surface area contributed by atoms with Gasteiger partial charge in [0, 0.05) is 19.6 Å². The first-order chi connectivity index (χ1) is 9.70. The highest BCUT2D eigenvalue weighted by molar-refractivity contribution is 6.15. The van der Waals surface area contributed by atoms with E-state index in [-0.39, 0.29) is 23.7 Å². The second kappa shape index (κ2) is 9.04. The summed E-state index contributed by atoms with van der Waals surface area (Å²) in [5.41, 5.74) is 0.0398. The molecule has 0 spiro atoms. The predicted molar refractivity (Wildman–Crippen MR) is 77.7 cm³/mol. The molecule has 118 valence electrons. The molecular weight excluding hydrogens is 324 g/mol. The molecule has 1 fully saturated rings. The van der Waals surface area contributed by atoms with Gasteiger partial charge in [0.1, 0.15) is 18.5 Å². The number of carbonyl (C=O) groups is 1. The molecule has 2 rings (SSSR count). The van der Waals surface area contributed by atoms with Crippen molar-refractivity contribution in [2.75, 3.05) is 39.5 Å². The molecular formula is C13H16Cl2FNO4. The van der Waals surface area contributed by atoms with Gasteiger partial charge in [-0.15, -0.1) is 12.4 Å². The Morgan fingerprint density at radius 1 is 1.38 bits per heavy atom. The van der Waals surface area contributed by atoms with Gasteiger partial charge < -0.3 is 13.8 Å². The molecule has 1 aromatic carbocycles. The van der Waals surface area contributed by atoms with Crippen molar-refractivity contribution in [3.05, 3.63) is 29.6 Å². The molecule has 1 aromatic rings. The summed E-state index contributed by atoms with van der Waals surface area (Å²) in [6, 6.07) is 3.82. The third-order valence-corrected chi connectivity index (χ3v) is 3.15. The predicted octanol–water partition coefficient (Wildman–Crippen LogP) is 2.27. The van der Waals surface area contributed by atoms with Crippen molar-refractivity contribution in [3.8, 4) is 5.75 Å². The molecule has 5 nitrogen and oxygen atoms in total. The van der Waals surface area contributed by atoms with Gasteiger partial charge in [-0.25, -0.2) is 9.18 Å². The summed E-state index contributed by atoms with van der Waals surface area (Å²) < 4.78 is 28.3. The fraction of sp³-hybridized carbons (Fsp3) is 0.462. The lowest BCUT2D eigenvalue weighted by Crippen LogP contribution is -2.38. The lowest BCUT2D eigenvalue weighted by molar-refractivity contribution is 0.0320. The van der Waals surface area contributed by atoms with Crippen molar-refractivity contribution in [2.45, 2.75) is 0 Å². The van der Waals surface area contributed by atoms with Crippen LogP contribution in [0.5, 0.6) is 5.75 Å². The monoisotopic (exact) mass is 339 g/mol. The second-order valence-electron chi connectivity index (χ2n) is 4.31. The number of nitrogens with zero attached hydrogens (tertiary/aromatic N) is 1. The maximum absolute atomic E-state index is 13.7. The van der Waals surface area contributed by atoms with E-state index in [9.17, 15) is 9.18 Å². The van der Waals surface area contributed by atoms with Crippen LogP contribution < -0.4 is 4.74 Å². The number of carbonyl (C=O) groups excluding carboxylic acids is 1. The van der Waals surface area contributed by atoms with E-state index in [1.807, 2.05) is 0 Å². The Kier molecular flexibility index (Phi) is 7.74. The normalized spacial score (nSPS) is 15.1. The molecule has 0 N–H and O–H groups in total. The van der Waals surface area contributed by atoms with E-state index < -0.39 is 11.8 Å². The summed E-state index contributed by atoms with van der Waals surface area (Å²) in [5, 5.41) is 0. The SMILES string of the molecule is Cl.O=C(OCl)c1ccc(OCCN2CCOCC2)c(F)c1. The van der Waals surface area contributed by atoms with Crippen LogP contribution in [-0.4, -0.2) is 50.3 Å². The molecule has 0 unspecified atom stereocenters. The Hall–Kier alpha value is -1.08. The maximum Gasteiger partial charge on any atom is 0.356 e. The zero-order valence-corrected chi connectivity index (χ0v) is 12.8. The summed E-state index contributed by atoms with van der Waals surface area (Å²) in [4.78, 5) is 13.3. The van der Waals surface area contributed by atoms with Crippen molar-refractivity contribution in [1.82, 2.24) is 4.90 Å². The van der Waals surface area contributed by atoms with Crippen LogP contribution in [0.1, 0.15) is 10.4 Å². The quantitative estimate of drug-likeness (QED) is 0.823. The van der Waals surface area contributed by atoms with Gasteiger partial charge >= 0.3 is 5.97 Å².